The molecule has 4 heteroatoms. The molecule has 1 N–H and O–H groups in total. The molecule has 1 aliphatic rings. The van der Waals surface area contributed by atoms with Gasteiger partial charge in [0.15, 0.2) is 0 Å². The van der Waals surface area contributed by atoms with E-state index in [1.807, 2.05) is 30.3 Å². The van der Waals surface area contributed by atoms with Gasteiger partial charge in [0.25, 0.3) is 0 Å². The number of benzene rings is 1. The van der Waals surface area contributed by atoms with E-state index in [0.29, 0.717) is 13.1 Å². The van der Waals surface area contributed by atoms with Crippen LogP contribution in [0.4, 0.5) is 5.69 Å². The Morgan fingerprint density at radius 1 is 1.44 bits per heavy atom. The third kappa shape index (κ3) is 2.59. The molecule has 4 nitrogen and oxygen atoms in total. The fraction of sp³-hybridized carbons (Fsp3) is 0.286. The van der Waals surface area contributed by atoms with Crippen LogP contribution in [0.25, 0.3) is 0 Å². The van der Waals surface area contributed by atoms with Crippen LogP contribution in [0.1, 0.15) is 6.42 Å². The molecular weight excluding hydrogens is 228 g/mol. The van der Waals surface area contributed by atoms with Crippen LogP contribution in [0.5, 0.6) is 0 Å². The first kappa shape index (κ1) is 12.4. The first-order valence-electron chi connectivity index (χ1n) is 5.96. The van der Waals surface area contributed by atoms with Crippen molar-refractivity contribution in [3.05, 3.63) is 43.0 Å². The van der Waals surface area contributed by atoms with Gasteiger partial charge in [-0.2, -0.15) is 0 Å². The van der Waals surface area contributed by atoms with E-state index >= 15 is 0 Å². The molecule has 1 atom stereocenters. The zero-order valence-corrected chi connectivity index (χ0v) is 10.1. The average molecular weight is 244 g/mol. The summed E-state index contributed by atoms with van der Waals surface area (Å²) in [5.41, 5.74) is 0.849. The number of rotatable bonds is 4. The molecule has 0 saturated carbocycles. The first-order valence-corrected chi connectivity index (χ1v) is 5.96. The fourth-order valence-electron chi connectivity index (χ4n) is 2.06. The molecule has 0 spiro atoms. The second-order valence-electron chi connectivity index (χ2n) is 4.27. The van der Waals surface area contributed by atoms with Crippen LogP contribution in [-0.4, -0.2) is 24.9 Å². The maximum Gasteiger partial charge on any atom is 0.227 e. The van der Waals surface area contributed by atoms with Gasteiger partial charge in [-0.3, -0.25) is 9.59 Å². The zero-order valence-electron chi connectivity index (χ0n) is 10.1. The lowest BCUT2D eigenvalue weighted by atomic mass is 10.1. The summed E-state index contributed by atoms with van der Waals surface area (Å²) in [7, 11) is 0. The largest absolute Gasteiger partial charge is 0.352 e. The molecule has 1 heterocycles. The summed E-state index contributed by atoms with van der Waals surface area (Å²) in [4.78, 5) is 25.3. The van der Waals surface area contributed by atoms with Crippen molar-refractivity contribution in [3.8, 4) is 0 Å². The Morgan fingerprint density at radius 3 is 2.83 bits per heavy atom. The van der Waals surface area contributed by atoms with Crippen LogP contribution >= 0.6 is 0 Å². The average Bonchev–Trinajstić information content (AvgIpc) is 2.79. The topological polar surface area (TPSA) is 49.4 Å². The van der Waals surface area contributed by atoms with Crippen molar-refractivity contribution in [2.45, 2.75) is 6.42 Å². The molecule has 0 aliphatic carbocycles. The molecule has 1 saturated heterocycles. The Labute approximate surface area is 106 Å². The van der Waals surface area contributed by atoms with Gasteiger partial charge in [0.1, 0.15) is 0 Å². The minimum atomic E-state index is -0.266. The second-order valence-corrected chi connectivity index (χ2v) is 4.27. The summed E-state index contributed by atoms with van der Waals surface area (Å²) in [5.74, 6) is -0.348. The van der Waals surface area contributed by atoms with Crippen molar-refractivity contribution in [2.75, 3.05) is 18.0 Å². The zero-order chi connectivity index (χ0) is 13.0. The Hall–Kier alpha value is -2.10. The van der Waals surface area contributed by atoms with Crippen LogP contribution < -0.4 is 10.2 Å². The van der Waals surface area contributed by atoms with Crippen molar-refractivity contribution in [1.82, 2.24) is 5.32 Å². The summed E-state index contributed by atoms with van der Waals surface area (Å²) in [5, 5.41) is 2.73. The first-order chi connectivity index (χ1) is 8.72. The molecule has 1 aromatic carbocycles. The van der Waals surface area contributed by atoms with Crippen molar-refractivity contribution in [3.63, 3.8) is 0 Å². The Balaban J connectivity index is 2.03. The van der Waals surface area contributed by atoms with E-state index in [-0.39, 0.29) is 24.2 Å². The van der Waals surface area contributed by atoms with E-state index < -0.39 is 0 Å². The smallest absolute Gasteiger partial charge is 0.227 e. The van der Waals surface area contributed by atoms with Gasteiger partial charge in [0, 0.05) is 25.2 Å². The molecule has 0 radical (unpaired) electrons. The highest BCUT2D eigenvalue weighted by Crippen LogP contribution is 2.24. The van der Waals surface area contributed by atoms with E-state index in [2.05, 4.69) is 11.9 Å². The van der Waals surface area contributed by atoms with Crippen LogP contribution in [0.2, 0.25) is 0 Å². The van der Waals surface area contributed by atoms with Gasteiger partial charge in [-0.1, -0.05) is 24.3 Å². The number of carbonyl (C=O) groups excluding carboxylic acids is 2. The van der Waals surface area contributed by atoms with E-state index in [1.165, 1.54) is 0 Å². The van der Waals surface area contributed by atoms with Gasteiger partial charge < -0.3 is 10.2 Å². The van der Waals surface area contributed by atoms with E-state index in [1.54, 1.807) is 11.0 Å². The number of anilines is 1. The molecule has 2 amide bonds. The van der Waals surface area contributed by atoms with Crippen molar-refractivity contribution in [2.24, 2.45) is 5.92 Å². The molecule has 1 aromatic rings. The molecule has 1 unspecified atom stereocenters. The molecule has 2 rings (SSSR count). The van der Waals surface area contributed by atoms with Crippen LogP contribution in [0.15, 0.2) is 43.0 Å². The van der Waals surface area contributed by atoms with Crippen molar-refractivity contribution in [1.29, 1.82) is 0 Å². The molecular formula is C14H16N2O2. The number of hydrogen-bond donors (Lipinski definition) is 1. The molecule has 94 valence electrons. The van der Waals surface area contributed by atoms with Crippen LogP contribution in [-0.2, 0) is 9.59 Å². The lowest BCUT2D eigenvalue weighted by Crippen LogP contribution is -2.32. The predicted molar refractivity (Wildman–Crippen MR) is 70.1 cm³/mol. The highest BCUT2D eigenvalue weighted by atomic mass is 16.2. The fourth-order valence-corrected chi connectivity index (χ4v) is 2.06. The number of hydrogen-bond acceptors (Lipinski definition) is 2. The molecule has 0 bridgehead atoms. The summed E-state index contributed by atoms with van der Waals surface area (Å²) in [6.45, 7) is 4.43. The lowest BCUT2D eigenvalue weighted by molar-refractivity contribution is -0.126. The number of carbonyl (C=O) groups is 2. The van der Waals surface area contributed by atoms with Gasteiger partial charge >= 0.3 is 0 Å². The van der Waals surface area contributed by atoms with E-state index in [0.717, 1.165) is 5.69 Å². The third-order valence-corrected chi connectivity index (χ3v) is 2.98. The summed E-state index contributed by atoms with van der Waals surface area (Å²) >= 11 is 0. The lowest BCUT2D eigenvalue weighted by Gasteiger charge is -2.16. The van der Waals surface area contributed by atoms with E-state index in [4.69, 9.17) is 0 Å². The molecule has 18 heavy (non-hydrogen) atoms. The summed E-state index contributed by atoms with van der Waals surface area (Å²) in [6, 6.07) is 9.42. The van der Waals surface area contributed by atoms with Gasteiger partial charge in [-0.15, -0.1) is 6.58 Å². The Kier molecular flexibility index (Phi) is 3.77. The highest BCUT2D eigenvalue weighted by molar-refractivity contribution is 6.00. The minimum Gasteiger partial charge on any atom is -0.352 e. The second kappa shape index (κ2) is 5.49. The number of para-hydroxylation sites is 1. The standard InChI is InChI=1S/C14H16N2O2/c1-2-8-15-14(18)11-9-13(17)16(10-11)12-6-4-3-5-7-12/h2-7,11H,1,8-10H2,(H,15,18). The monoisotopic (exact) mass is 244 g/mol. The Morgan fingerprint density at radius 2 is 2.17 bits per heavy atom. The number of amides is 2. The van der Waals surface area contributed by atoms with Gasteiger partial charge in [0.2, 0.25) is 11.8 Å². The maximum atomic E-state index is 11.9. The van der Waals surface area contributed by atoms with Crippen molar-refractivity contribution < 1.29 is 9.59 Å². The number of nitrogens with zero attached hydrogens (tertiary/aromatic N) is 1. The van der Waals surface area contributed by atoms with Crippen molar-refractivity contribution >= 4 is 17.5 Å². The SMILES string of the molecule is C=CCNC(=O)C1CC(=O)N(c2ccccc2)C1. The highest BCUT2D eigenvalue weighted by Gasteiger charge is 2.34. The summed E-state index contributed by atoms with van der Waals surface area (Å²) in [6.07, 6.45) is 1.90. The quantitative estimate of drug-likeness (QED) is 0.813. The van der Waals surface area contributed by atoms with Gasteiger partial charge in [0.05, 0.1) is 5.92 Å². The molecule has 0 aromatic heterocycles. The minimum absolute atomic E-state index is 0.0000435. The van der Waals surface area contributed by atoms with E-state index in [9.17, 15) is 9.59 Å². The van der Waals surface area contributed by atoms with Gasteiger partial charge in [-0.25, -0.2) is 0 Å². The normalized spacial score (nSPS) is 18.8. The predicted octanol–water partition coefficient (Wildman–Crippen LogP) is 1.34. The third-order valence-electron chi connectivity index (χ3n) is 2.98. The summed E-state index contributed by atoms with van der Waals surface area (Å²) < 4.78 is 0. The van der Waals surface area contributed by atoms with Crippen LogP contribution in [0, 0.1) is 5.92 Å². The maximum absolute atomic E-state index is 11.9. The van der Waals surface area contributed by atoms with Gasteiger partial charge in [-0.05, 0) is 12.1 Å². The molecule has 1 fully saturated rings. The molecule has 1 aliphatic heterocycles. The Bertz CT molecular complexity index is 456. The number of nitrogens with one attached hydrogen (secondary N) is 1. The van der Waals surface area contributed by atoms with Crippen LogP contribution in [0.3, 0.4) is 0 Å².